The topological polar surface area (TPSA) is 69.6 Å². The summed E-state index contributed by atoms with van der Waals surface area (Å²) in [6.45, 7) is 7.70. The molecule has 1 saturated heterocycles. The first-order valence-electron chi connectivity index (χ1n) is 7.17. The lowest BCUT2D eigenvalue weighted by atomic mass is 9.89. The van der Waals surface area contributed by atoms with E-state index in [4.69, 9.17) is 0 Å². The molecule has 0 radical (unpaired) electrons. The molecule has 2 unspecified atom stereocenters. The Morgan fingerprint density at radius 1 is 1.42 bits per heavy atom. The maximum atomic E-state index is 11.8. The summed E-state index contributed by atoms with van der Waals surface area (Å²) in [4.78, 5) is 24.9. The van der Waals surface area contributed by atoms with E-state index in [0.29, 0.717) is 31.3 Å². The van der Waals surface area contributed by atoms with E-state index in [9.17, 15) is 14.7 Å². The zero-order valence-corrected chi connectivity index (χ0v) is 12.2. The van der Waals surface area contributed by atoms with Crippen LogP contribution in [0.25, 0.3) is 0 Å². The Morgan fingerprint density at radius 3 is 2.63 bits per heavy atom. The summed E-state index contributed by atoms with van der Waals surface area (Å²) in [5.41, 5.74) is 0. The van der Waals surface area contributed by atoms with Gasteiger partial charge in [-0.3, -0.25) is 14.5 Å². The highest BCUT2D eigenvalue weighted by molar-refractivity contribution is 5.80. The quantitative estimate of drug-likeness (QED) is 0.764. The second kappa shape index (κ2) is 7.48. The molecule has 0 aliphatic carbocycles. The van der Waals surface area contributed by atoms with Crippen LogP contribution >= 0.6 is 0 Å². The number of aliphatic carboxylic acids is 1. The van der Waals surface area contributed by atoms with Gasteiger partial charge in [0.2, 0.25) is 5.91 Å². The Morgan fingerprint density at radius 2 is 2.11 bits per heavy atom. The molecule has 110 valence electrons. The van der Waals surface area contributed by atoms with Gasteiger partial charge in [-0.2, -0.15) is 0 Å². The number of rotatable bonds is 6. The van der Waals surface area contributed by atoms with Gasteiger partial charge in [-0.1, -0.05) is 27.2 Å². The molecule has 1 rings (SSSR count). The first kappa shape index (κ1) is 16.0. The molecule has 2 N–H and O–H groups in total. The van der Waals surface area contributed by atoms with Crippen LogP contribution in [0.3, 0.4) is 0 Å². The fraction of sp³-hybridized carbons (Fsp3) is 0.857. The van der Waals surface area contributed by atoms with Crippen molar-refractivity contribution in [2.45, 2.75) is 46.1 Å². The van der Waals surface area contributed by atoms with E-state index in [0.717, 1.165) is 12.8 Å². The van der Waals surface area contributed by atoms with Crippen molar-refractivity contribution in [1.29, 1.82) is 0 Å². The zero-order chi connectivity index (χ0) is 14.4. The van der Waals surface area contributed by atoms with Crippen LogP contribution in [-0.4, -0.2) is 47.6 Å². The normalized spacial score (nSPS) is 24.4. The Hall–Kier alpha value is -1.10. The summed E-state index contributed by atoms with van der Waals surface area (Å²) >= 11 is 0. The highest BCUT2D eigenvalue weighted by Crippen LogP contribution is 2.25. The third kappa shape index (κ3) is 5.19. The largest absolute Gasteiger partial charge is 0.480 e. The van der Waals surface area contributed by atoms with Gasteiger partial charge >= 0.3 is 5.97 Å². The molecule has 0 aromatic heterocycles. The zero-order valence-electron chi connectivity index (χ0n) is 12.2. The van der Waals surface area contributed by atoms with Gasteiger partial charge in [0, 0.05) is 6.54 Å². The minimum atomic E-state index is -0.810. The van der Waals surface area contributed by atoms with Crippen LogP contribution in [0.1, 0.15) is 40.0 Å². The number of hydrogen-bond donors (Lipinski definition) is 2. The maximum Gasteiger partial charge on any atom is 0.320 e. The minimum Gasteiger partial charge on any atom is -0.480 e. The Kier molecular flexibility index (Phi) is 6.28. The smallest absolute Gasteiger partial charge is 0.320 e. The first-order chi connectivity index (χ1) is 8.93. The molecule has 1 aliphatic heterocycles. The van der Waals surface area contributed by atoms with Crippen LogP contribution in [0.15, 0.2) is 0 Å². The lowest BCUT2D eigenvalue weighted by Gasteiger charge is -2.36. The highest BCUT2D eigenvalue weighted by Gasteiger charge is 2.33. The van der Waals surface area contributed by atoms with Gasteiger partial charge in [-0.05, 0) is 31.2 Å². The van der Waals surface area contributed by atoms with Crippen LogP contribution in [0.2, 0.25) is 0 Å². The summed E-state index contributed by atoms with van der Waals surface area (Å²) < 4.78 is 0. The van der Waals surface area contributed by atoms with Crippen molar-refractivity contribution in [3.63, 3.8) is 0 Å². The molecule has 0 spiro atoms. The number of carboxylic acids is 1. The van der Waals surface area contributed by atoms with E-state index in [1.165, 1.54) is 0 Å². The molecule has 0 aromatic carbocycles. The number of carboxylic acid groups (broad SMARTS) is 1. The molecular formula is C14H26N2O3. The van der Waals surface area contributed by atoms with Crippen molar-refractivity contribution in [3.05, 3.63) is 0 Å². The number of nitrogens with zero attached hydrogens (tertiary/aromatic N) is 1. The molecule has 1 heterocycles. The number of carbonyl (C=O) groups excluding carboxylic acids is 1. The molecule has 5 nitrogen and oxygen atoms in total. The van der Waals surface area contributed by atoms with E-state index >= 15 is 0 Å². The Balaban J connectivity index is 2.50. The van der Waals surface area contributed by atoms with Gasteiger partial charge in [-0.15, -0.1) is 0 Å². The predicted molar refractivity (Wildman–Crippen MR) is 73.9 cm³/mol. The van der Waals surface area contributed by atoms with E-state index in [2.05, 4.69) is 12.2 Å². The standard InChI is InChI=1S/C14H26N2O3/c1-4-11-5-6-16(12(7-11)14(18)19)9-13(17)15-8-10(2)3/h10-12H,4-9H2,1-3H3,(H,15,17)(H,18,19). The highest BCUT2D eigenvalue weighted by atomic mass is 16.4. The fourth-order valence-corrected chi connectivity index (χ4v) is 2.46. The molecule has 0 bridgehead atoms. The second-order valence-electron chi connectivity index (χ2n) is 5.82. The number of hydrogen-bond acceptors (Lipinski definition) is 3. The Bertz CT molecular complexity index is 318. The second-order valence-corrected chi connectivity index (χ2v) is 5.82. The van der Waals surface area contributed by atoms with Crippen LogP contribution in [0.5, 0.6) is 0 Å². The molecule has 1 fully saturated rings. The van der Waals surface area contributed by atoms with Crippen molar-refractivity contribution >= 4 is 11.9 Å². The molecule has 1 aliphatic rings. The van der Waals surface area contributed by atoms with Gasteiger partial charge in [0.15, 0.2) is 0 Å². The number of piperidine rings is 1. The molecule has 0 saturated carbocycles. The minimum absolute atomic E-state index is 0.0742. The number of likely N-dealkylation sites (tertiary alicyclic amines) is 1. The van der Waals surface area contributed by atoms with Crippen LogP contribution in [0, 0.1) is 11.8 Å². The lowest BCUT2D eigenvalue weighted by Crippen LogP contribution is -2.51. The third-order valence-electron chi connectivity index (χ3n) is 3.74. The van der Waals surface area contributed by atoms with Crippen molar-refractivity contribution in [3.8, 4) is 0 Å². The third-order valence-corrected chi connectivity index (χ3v) is 3.74. The van der Waals surface area contributed by atoms with Gasteiger partial charge in [0.1, 0.15) is 6.04 Å². The van der Waals surface area contributed by atoms with E-state index in [-0.39, 0.29) is 12.5 Å². The summed E-state index contributed by atoms with van der Waals surface area (Å²) in [6, 6.07) is -0.511. The van der Waals surface area contributed by atoms with E-state index < -0.39 is 12.0 Å². The van der Waals surface area contributed by atoms with Gasteiger partial charge in [-0.25, -0.2) is 0 Å². The first-order valence-corrected chi connectivity index (χ1v) is 7.17. The lowest BCUT2D eigenvalue weighted by molar-refractivity contribution is -0.146. The Labute approximate surface area is 115 Å². The van der Waals surface area contributed by atoms with Gasteiger partial charge < -0.3 is 10.4 Å². The summed E-state index contributed by atoms with van der Waals surface area (Å²) in [5, 5.41) is 12.1. The molecule has 0 aromatic rings. The van der Waals surface area contributed by atoms with Crippen molar-refractivity contribution in [2.75, 3.05) is 19.6 Å². The predicted octanol–water partition coefficient (Wildman–Crippen LogP) is 1.33. The number of amides is 1. The van der Waals surface area contributed by atoms with Gasteiger partial charge in [0.25, 0.3) is 0 Å². The monoisotopic (exact) mass is 270 g/mol. The fourth-order valence-electron chi connectivity index (χ4n) is 2.46. The average Bonchev–Trinajstić information content (AvgIpc) is 2.36. The molecule has 2 atom stereocenters. The van der Waals surface area contributed by atoms with Crippen molar-refractivity contribution in [2.24, 2.45) is 11.8 Å². The van der Waals surface area contributed by atoms with Crippen LogP contribution in [0.4, 0.5) is 0 Å². The summed E-state index contributed by atoms with van der Waals surface area (Å²) in [7, 11) is 0. The van der Waals surface area contributed by atoms with Crippen LogP contribution < -0.4 is 5.32 Å². The van der Waals surface area contributed by atoms with Crippen molar-refractivity contribution < 1.29 is 14.7 Å². The summed E-state index contributed by atoms with van der Waals surface area (Å²) in [5.74, 6) is -0.00849. The number of nitrogens with one attached hydrogen (secondary N) is 1. The van der Waals surface area contributed by atoms with Crippen molar-refractivity contribution in [1.82, 2.24) is 10.2 Å². The molecule has 1 amide bonds. The van der Waals surface area contributed by atoms with Crippen LogP contribution in [-0.2, 0) is 9.59 Å². The number of carbonyl (C=O) groups is 2. The molecular weight excluding hydrogens is 244 g/mol. The van der Waals surface area contributed by atoms with E-state index in [1.54, 1.807) is 4.90 Å². The maximum absolute atomic E-state index is 11.8. The van der Waals surface area contributed by atoms with Gasteiger partial charge in [0.05, 0.1) is 6.54 Å². The van der Waals surface area contributed by atoms with E-state index in [1.807, 2.05) is 13.8 Å². The SMILES string of the molecule is CCC1CCN(CC(=O)NCC(C)C)C(C(=O)O)C1. The molecule has 19 heavy (non-hydrogen) atoms. The molecule has 5 heteroatoms. The summed E-state index contributed by atoms with van der Waals surface area (Å²) in [6.07, 6.45) is 2.65. The average molecular weight is 270 g/mol.